The molecule has 0 aliphatic heterocycles. The monoisotopic (exact) mass is 267 g/mol. The summed E-state index contributed by atoms with van der Waals surface area (Å²) < 4.78 is 2.76. The van der Waals surface area contributed by atoms with Gasteiger partial charge in [-0.15, -0.1) is 24.0 Å². The molecule has 2 aromatic rings. The van der Waals surface area contributed by atoms with E-state index in [1.807, 2.05) is 18.2 Å². The molecule has 0 bridgehead atoms. The number of hydrogen-bond acceptors (Lipinski definition) is 4. The molecular formula is C8H6NNaS4. The van der Waals surface area contributed by atoms with Gasteiger partial charge in [-0.1, -0.05) is 24.4 Å². The summed E-state index contributed by atoms with van der Waals surface area (Å²) in [5, 5.41) is 0. The Kier molecular flexibility index (Phi) is 5.41. The molecule has 0 N–H and O–H groups in total. The van der Waals surface area contributed by atoms with Crippen molar-refractivity contribution in [2.24, 2.45) is 0 Å². The Balaban J connectivity index is 0.000000980. The second kappa shape index (κ2) is 5.84. The average Bonchev–Trinajstić information content (AvgIpc) is 2.44. The number of nitrogens with zero attached hydrogens (tertiary/aromatic N) is 1. The number of thiazole rings is 1. The van der Waals surface area contributed by atoms with Crippen LogP contribution >= 0.6 is 47.9 Å². The fraction of sp³-hybridized carbons (Fsp3) is 0. The molecule has 1 heterocycles. The van der Waals surface area contributed by atoms with Gasteiger partial charge in [-0.3, -0.25) is 0 Å². The maximum atomic E-state index is 4.88. The number of thioether (sulfide) groups is 1. The summed E-state index contributed by atoms with van der Waals surface area (Å²) in [7, 11) is 0. The third-order valence-electron chi connectivity index (χ3n) is 1.45. The molecule has 68 valence electrons. The van der Waals surface area contributed by atoms with Crippen LogP contribution in [0.3, 0.4) is 0 Å². The predicted octanol–water partition coefficient (Wildman–Crippen LogP) is 2.95. The Labute approximate surface area is 123 Å². The summed E-state index contributed by atoms with van der Waals surface area (Å²) in [5.41, 5.74) is 1.03. The van der Waals surface area contributed by atoms with Gasteiger partial charge in [0, 0.05) is 0 Å². The van der Waals surface area contributed by atoms with Crippen LogP contribution in [0.4, 0.5) is 0 Å². The molecule has 14 heavy (non-hydrogen) atoms. The first-order valence-corrected chi connectivity index (χ1v) is 6.01. The van der Waals surface area contributed by atoms with Crippen LogP contribution in [-0.2, 0) is 0 Å². The van der Waals surface area contributed by atoms with E-state index in [9.17, 15) is 0 Å². The second-order valence-corrected chi connectivity index (χ2v) is 6.32. The number of aromatic nitrogens is 1. The Morgan fingerprint density at radius 2 is 2.14 bits per heavy atom. The summed E-state index contributed by atoms with van der Waals surface area (Å²) in [4.78, 5) is 4.40. The van der Waals surface area contributed by atoms with E-state index in [1.54, 1.807) is 11.3 Å². The molecule has 0 fully saturated rings. The van der Waals surface area contributed by atoms with Gasteiger partial charge in [-0.2, -0.15) is 0 Å². The van der Waals surface area contributed by atoms with Crippen LogP contribution in [-0.4, -0.2) is 38.1 Å². The third-order valence-corrected chi connectivity index (χ3v) is 3.74. The zero-order valence-corrected chi connectivity index (χ0v) is 9.77. The number of thiocarbonyl (C=S) groups is 1. The Hall–Kier alpha value is 0.900. The van der Waals surface area contributed by atoms with Gasteiger partial charge in [0.1, 0.15) is 3.53 Å². The van der Waals surface area contributed by atoms with Crippen molar-refractivity contribution in [1.82, 2.24) is 4.98 Å². The van der Waals surface area contributed by atoms with Gasteiger partial charge >= 0.3 is 29.6 Å². The molecule has 0 spiro atoms. The summed E-state index contributed by atoms with van der Waals surface area (Å²) >= 11 is 12.0. The number of fused-ring (bicyclic) bond motifs is 1. The van der Waals surface area contributed by atoms with Crippen LogP contribution in [0.2, 0.25) is 0 Å². The second-order valence-electron chi connectivity index (χ2n) is 2.32. The van der Waals surface area contributed by atoms with Crippen LogP contribution in [0.5, 0.6) is 0 Å². The van der Waals surface area contributed by atoms with E-state index in [2.05, 4.69) is 23.7 Å². The Bertz CT molecular complexity index is 420. The number of hydrogen-bond donors (Lipinski definition) is 1. The normalized spacial score (nSPS) is 9.79. The van der Waals surface area contributed by atoms with E-state index in [4.69, 9.17) is 12.2 Å². The number of benzene rings is 1. The van der Waals surface area contributed by atoms with Crippen molar-refractivity contribution in [3.8, 4) is 0 Å². The zero-order chi connectivity index (χ0) is 9.26. The predicted molar refractivity (Wildman–Crippen MR) is 74.2 cm³/mol. The van der Waals surface area contributed by atoms with Gasteiger partial charge in [0.05, 0.1) is 10.2 Å². The minimum absolute atomic E-state index is 0. The van der Waals surface area contributed by atoms with Crippen LogP contribution < -0.4 is 0 Å². The molecule has 1 aromatic carbocycles. The molecule has 0 saturated carbocycles. The van der Waals surface area contributed by atoms with Gasteiger partial charge < -0.3 is 0 Å². The van der Waals surface area contributed by atoms with Crippen LogP contribution in [0.15, 0.2) is 28.6 Å². The molecule has 0 atom stereocenters. The fourth-order valence-corrected chi connectivity index (χ4v) is 3.49. The summed E-state index contributed by atoms with van der Waals surface area (Å²) in [6.45, 7) is 0. The van der Waals surface area contributed by atoms with Crippen LogP contribution in [0.25, 0.3) is 10.2 Å². The minimum atomic E-state index is 0. The van der Waals surface area contributed by atoms with Crippen LogP contribution in [0.1, 0.15) is 0 Å². The van der Waals surface area contributed by atoms with Crippen molar-refractivity contribution in [3.63, 3.8) is 0 Å². The molecule has 0 aliphatic rings. The van der Waals surface area contributed by atoms with Crippen molar-refractivity contribution >= 4 is 91.2 Å². The molecule has 1 nitrogen and oxygen atoms in total. The van der Waals surface area contributed by atoms with E-state index < -0.39 is 0 Å². The van der Waals surface area contributed by atoms with Crippen LogP contribution in [0, 0.1) is 0 Å². The molecule has 1 aromatic heterocycles. The molecule has 2 rings (SSSR count). The quantitative estimate of drug-likeness (QED) is 0.369. The maximum absolute atomic E-state index is 4.88. The average molecular weight is 267 g/mol. The first-order valence-electron chi connectivity index (χ1n) is 3.52. The van der Waals surface area contributed by atoms with E-state index >= 15 is 0 Å². The standard InChI is InChI=1S/C8H5NS4.Na.H/c10-8(11)13-7-9-5-3-1-2-4-6(5)12-7;;/h1-4H,(H,10,11);;. The van der Waals surface area contributed by atoms with Crippen molar-refractivity contribution in [2.75, 3.05) is 0 Å². The molecule has 0 aliphatic carbocycles. The Morgan fingerprint density at radius 3 is 2.79 bits per heavy atom. The Morgan fingerprint density at radius 1 is 1.43 bits per heavy atom. The SMILES string of the molecule is S=C(S)Sc1nc2ccccc2s1.[NaH]. The first kappa shape index (κ1) is 13.0. The van der Waals surface area contributed by atoms with Gasteiger partial charge in [-0.25, -0.2) is 4.98 Å². The molecule has 0 amide bonds. The van der Waals surface area contributed by atoms with Crippen molar-refractivity contribution < 1.29 is 0 Å². The van der Waals surface area contributed by atoms with Gasteiger partial charge in [-0.05, 0) is 23.9 Å². The van der Waals surface area contributed by atoms with Crippen molar-refractivity contribution in [3.05, 3.63) is 24.3 Å². The van der Waals surface area contributed by atoms with E-state index in [1.165, 1.54) is 16.5 Å². The fourth-order valence-electron chi connectivity index (χ4n) is 0.969. The molecule has 0 unspecified atom stereocenters. The third kappa shape index (κ3) is 3.20. The molecule has 0 radical (unpaired) electrons. The van der Waals surface area contributed by atoms with E-state index in [-0.39, 0.29) is 29.6 Å². The summed E-state index contributed by atoms with van der Waals surface area (Å²) in [5.74, 6) is 0. The van der Waals surface area contributed by atoms with Crippen molar-refractivity contribution in [1.29, 1.82) is 0 Å². The summed E-state index contributed by atoms with van der Waals surface area (Å²) in [6, 6.07) is 8.04. The van der Waals surface area contributed by atoms with Gasteiger partial charge in [0.2, 0.25) is 0 Å². The summed E-state index contributed by atoms with van der Waals surface area (Å²) in [6.07, 6.45) is 0. The van der Waals surface area contributed by atoms with Crippen molar-refractivity contribution in [2.45, 2.75) is 4.34 Å². The number of thiol groups is 1. The first-order chi connectivity index (χ1) is 6.25. The number of rotatable bonds is 1. The van der Waals surface area contributed by atoms with E-state index in [0.717, 1.165) is 9.86 Å². The number of para-hydroxylation sites is 1. The van der Waals surface area contributed by atoms with E-state index in [0.29, 0.717) is 3.53 Å². The topological polar surface area (TPSA) is 12.9 Å². The van der Waals surface area contributed by atoms with Gasteiger partial charge in [0.15, 0.2) is 4.34 Å². The molecular weight excluding hydrogens is 261 g/mol. The molecule has 6 heteroatoms. The molecule has 0 saturated heterocycles. The zero-order valence-electron chi connectivity index (χ0n) is 6.43. The van der Waals surface area contributed by atoms with Gasteiger partial charge in [0.25, 0.3) is 0 Å².